The largest absolute Gasteiger partial charge is 0.497 e. The van der Waals surface area contributed by atoms with Crippen LogP contribution in [-0.2, 0) is 16.1 Å². The second kappa shape index (κ2) is 8.87. The van der Waals surface area contributed by atoms with Gasteiger partial charge in [-0.25, -0.2) is 0 Å². The molecular weight excluding hydrogens is 318 g/mol. The maximum atomic E-state index is 12.0. The molecule has 0 bridgehead atoms. The van der Waals surface area contributed by atoms with Crippen LogP contribution in [0.15, 0.2) is 48.5 Å². The van der Waals surface area contributed by atoms with Crippen molar-refractivity contribution in [2.75, 3.05) is 13.7 Å². The second-order valence-electron chi connectivity index (χ2n) is 5.97. The van der Waals surface area contributed by atoms with Crippen LogP contribution in [0.2, 0.25) is 0 Å². The van der Waals surface area contributed by atoms with Gasteiger partial charge in [0.2, 0.25) is 0 Å². The van der Waals surface area contributed by atoms with Gasteiger partial charge in [0, 0.05) is 5.56 Å². The van der Waals surface area contributed by atoms with E-state index in [1.165, 1.54) is 5.56 Å². The highest BCUT2D eigenvalue weighted by Gasteiger charge is 2.09. The number of hydrogen-bond acceptors (Lipinski definition) is 4. The molecule has 5 heteroatoms. The van der Waals surface area contributed by atoms with E-state index in [9.17, 15) is 9.59 Å². The highest BCUT2D eigenvalue weighted by atomic mass is 16.5. The number of nitrogens with one attached hydrogen (secondary N) is 1. The fourth-order valence-corrected chi connectivity index (χ4v) is 2.21. The van der Waals surface area contributed by atoms with E-state index in [1.54, 1.807) is 31.4 Å². The third-order valence-corrected chi connectivity index (χ3v) is 3.79. The van der Waals surface area contributed by atoms with Crippen molar-refractivity contribution < 1.29 is 19.1 Å². The van der Waals surface area contributed by atoms with Gasteiger partial charge in [0.15, 0.2) is 0 Å². The van der Waals surface area contributed by atoms with Crippen LogP contribution in [0, 0.1) is 0 Å². The molecule has 132 valence electrons. The Labute approximate surface area is 148 Å². The third-order valence-electron chi connectivity index (χ3n) is 3.79. The number of benzene rings is 2. The normalized spacial score (nSPS) is 10.4. The Hall–Kier alpha value is -2.82. The lowest BCUT2D eigenvalue weighted by Gasteiger charge is -2.09. The Morgan fingerprint density at radius 3 is 2.20 bits per heavy atom. The van der Waals surface area contributed by atoms with Gasteiger partial charge in [-0.2, -0.15) is 0 Å². The first kappa shape index (κ1) is 18.5. The van der Waals surface area contributed by atoms with Crippen molar-refractivity contribution >= 4 is 11.9 Å². The lowest BCUT2D eigenvalue weighted by atomic mass is 10.0. The van der Waals surface area contributed by atoms with E-state index in [0.29, 0.717) is 17.2 Å². The summed E-state index contributed by atoms with van der Waals surface area (Å²) in [6, 6.07) is 14.6. The smallest absolute Gasteiger partial charge is 0.325 e. The Balaban J connectivity index is 1.77. The highest BCUT2D eigenvalue weighted by molar-refractivity contribution is 5.96. The average molecular weight is 341 g/mol. The lowest BCUT2D eigenvalue weighted by molar-refractivity contribution is -0.143. The Kier molecular flexibility index (Phi) is 6.57. The second-order valence-corrected chi connectivity index (χ2v) is 5.97. The molecule has 1 amide bonds. The molecule has 0 aliphatic heterocycles. The van der Waals surface area contributed by atoms with Gasteiger partial charge in [-0.05, 0) is 41.3 Å². The Bertz CT molecular complexity index is 705. The van der Waals surface area contributed by atoms with Gasteiger partial charge in [-0.3, -0.25) is 9.59 Å². The molecule has 0 radical (unpaired) electrons. The highest BCUT2D eigenvalue weighted by Crippen LogP contribution is 2.15. The van der Waals surface area contributed by atoms with Gasteiger partial charge >= 0.3 is 5.97 Å². The zero-order chi connectivity index (χ0) is 18.2. The Morgan fingerprint density at radius 1 is 1.00 bits per heavy atom. The molecule has 1 N–H and O–H groups in total. The number of amides is 1. The molecule has 5 nitrogen and oxygen atoms in total. The van der Waals surface area contributed by atoms with Gasteiger partial charge in [-0.1, -0.05) is 38.1 Å². The summed E-state index contributed by atoms with van der Waals surface area (Å²) in [4.78, 5) is 23.7. The van der Waals surface area contributed by atoms with Gasteiger partial charge < -0.3 is 14.8 Å². The van der Waals surface area contributed by atoms with Gasteiger partial charge in [0.05, 0.1) is 7.11 Å². The monoisotopic (exact) mass is 341 g/mol. The molecule has 0 heterocycles. The van der Waals surface area contributed by atoms with E-state index in [4.69, 9.17) is 9.47 Å². The molecule has 2 aromatic rings. The lowest BCUT2D eigenvalue weighted by Crippen LogP contribution is -2.30. The molecule has 0 saturated carbocycles. The van der Waals surface area contributed by atoms with Crippen LogP contribution in [0.5, 0.6) is 5.75 Å². The first-order valence-electron chi connectivity index (χ1n) is 8.16. The number of esters is 1. The van der Waals surface area contributed by atoms with Crippen molar-refractivity contribution in [3.8, 4) is 5.75 Å². The van der Waals surface area contributed by atoms with Gasteiger partial charge in [-0.15, -0.1) is 0 Å². The van der Waals surface area contributed by atoms with Gasteiger partial charge in [0.1, 0.15) is 18.9 Å². The van der Waals surface area contributed by atoms with Crippen molar-refractivity contribution in [1.82, 2.24) is 5.32 Å². The molecule has 0 aliphatic rings. The van der Waals surface area contributed by atoms with E-state index < -0.39 is 5.97 Å². The van der Waals surface area contributed by atoms with Crippen molar-refractivity contribution in [3.05, 3.63) is 65.2 Å². The number of ether oxygens (including phenoxy) is 2. The molecule has 0 saturated heterocycles. The summed E-state index contributed by atoms with van der Waals surface area (Å²) in [6.45, 7) is 4.27. The zero-order valence-electron chi connectivity index (χ0n) is 14.7. The predicted octanol–water partition coefficient (Wildman–Crippen LogP) is 3.29. The summed E-state index contributed by atoms with van der Waals surface area (Å²) in [5.74, 6) is 0.319. The minimum Gasteiger partial charge on any atom is -0.497 e. The molecule has 25 heavy (non-hydrogen) atoms. The number of carbonyl (C=O) groups excluding carboxylic acids is 2. The summed E-state index contributed by atoms with van der Waals surface area (Å²) in [6.07, 6.45) is 0. The van der Waals surface area contributed by atoms with Crippen LogP contribution < -0.4 is 10.1 Å². The molecule has 0 aliphatic carbocycles. The maximum Gasteiger partial charge on any atom is 0.325 e. The summed E-state index contributed by atoms with van der Waals surface area (Å²) in [5, 5.41) is 2.54. The van der Waals surface area contributed by atoms with Gasteiger partial charge in [0.25, 0.3) is 5.91 Å². The van der Waals surface area contributed by atoms with Crippen LogP contribution in [0.25, 0.3) is 0 Å². The van der Waals surface area contributed by atoms with E-state index in [0.717, 1.165) is 5.56 Å². The zero-order valence-corrected chi connectivity index (χ0v) is 14.7. The SMILES string of the molecule is COc1ccc(C(=O)NCC(=O)OCc2ccc(C(C)C)cc2)cc1. The Morgan fingerprint density at radius 2 is 1.64 bits per heavy atom. The fourth-order valence-electron chi connectivity index (χ4n) is 2.21. The topological polar surface area (TPSA) is 64.6 Å². The number of carbonyl (C=O) groups is 2. The minimum atomic E-state index is -0.477. The molecule has 2 rings (SSSR count). The van der Waals surface area contributed by atoms with E-state index >= 15 is 0 Å². The van der Waals surface area contributed by atoms with E-state index in [1.807, 2.05) is 24.3 Å². The first-order chi connectivity index (χ1) is 12.0. The summed E-state index contributed by atoms with van der Waals surface area (Å²) < 4.78 is 10.2. The maximum absolute atomic E-state index is 12.0. The first-order valence-corrected chi connectivity index (χ1v) is 8.16. The van der Waals surface area contributed by atoms with Crippen LogP contribution in [0.4, 0.5) is 0 Å². The minimum absolute atomic E-state index is 0.172. The van der Waals surface area contributed by atoms with Crippen LogP contribution in [0.1, 0.15) is 41.3 Å². The molecule has 0 aromatic heterocycles. The van der Waals surface area contributed by atoms with Crippen molar-refractivity contribution in [2.45, 2.75) is 26.4 Å². The van der Waals surface area contributed by atoms with Crippen LogP contribution in [-0.4, -0.2) is 25.5 Å². The van der Waals surface area contributed by atoms with E-state index in [-0.39, 0.29) is 19.1 Å². The predicted molar refractivity (Wildman–Crippen MR) is 95.7 cm³/mol. The number of methoxy groups -OCH3 is 1. The molecule has 0 atom stereocenters. The number of hydrogen-bond donors (Lipinski definition) is 1. The summed E-state index contributed by atoms with van der Waals surface area (Å²) in [7, 11) is 1.56. The van der Waals surface area contributed by atoms with Crippen LogP contribution >= 0.6 is 0 Å². The summed E-state index contributed by atoms with van der Waals surface area (Å²) >= 11 is 0. The van der Waals surface area contributed by atoms with Crippen molar-refractivity contribution in [2.24, 2.45) is 0 Å². The quantitative estimate of drug-likeness (QED) is 0.785. The fraction of sp³-hybridized carbons (Fsp3) is 0.300. The van der Waals surface area contributed by atoms with E-state index in [2.05, 4.69) is 19.2 Å². The van der Waals surface area contributed by atoms with Crippen molar-refractivity contribution in [1.29, 1.82) is 0 Å². The molecule has 0 spiro atoms. The molecule has 0 unspecified atom stereocenters. The molecular formula is C20H23NO4. The van der Waals surface area contributed by atoms with Crippen molar-refractivity contribution in [3.63, 3.8) is 0 Å². The average Bonchev–Trinajstić information content (AvgIpc) is 2.64. The number of rotatable bonds is 7. The standard InChI is InChI=1S/C20H23NO4/c1-14(2)16-6-4-15(5-7-16)13-25-19(22)12-21-20(23)17-8-10-18(24-3)11-9-17/h4-11,14H,12-13H2,1-3H3,(H,21,23). The third kappa shape index (κ3) is 5.64. The molecule has 0 fully saturated rings. The van der Waals surface area contributed by atoms with Crippen LogP contribution in [0.3, 0.4) is 0 Å². The summed E-state index contributed by atoms with van der Waals surface area (Å²) in [5.41, 5.74) is 2.61. The molecule has 2 aromatic carbocycles.